The summed E-state index contributed by atoms with van der Waals surface area (Å²) >= 11 is 1.18. The first-order chi connectivity index (χ1) is 15.9. The fourth-order valence-corrected chi connectivity index (χ4v) is 6.38. The molecule has 1 aromatic heterocycles. The van der Waals surface area contributed by atoms with Crippen LogP contribution in [0.2, 0.25) is 0 Å². The third-order valence-electron chi connectivity index (χ3n) is 6.00. The van der Waals surface area contributed by atoms with Crippen LogP contribution in [0.5, 0.6) is 0 Å². The molecule has 0 aliphatic carbocycles. The predicted molar refractivity (Wildman–Crippen MR) is 133 cm³/mol. The lowest BCUT2D eigenvalue weighted by Gasteiger charge is -2.27. The number of anilines is 1. The Labute approximate surface area is 199 Å². The molecule has 4 rings (SSSR count). The third-order valence-corrected chi connectivity index (χ3v) is 9.16. The summed E-state index contributed by atoms with van der Waals surface area (Å²) in [6, 6.07) is 18.2. The maximum Gasteiger partial charge on any atom is 0.273 e. The highest BCUT2D eigenvalue weighted by Gasteiger charge is 2.22. The lowest BCUT2D eigenvalue weighted by atomic mass is 10.0. The van der Waals surface area contributed by atoms with Crippen molar-refractivity contribution in [1.82, 2.24) is 10.2 Å². The summed E-state index contributed by atoms with van der Waals surface area (Å²) in [6.45, 7) is 3.62. The summed E-state index contributed by atoms with van der Waals surface area (Å²) in [5, 5.41) is 4.74. The Morgan fingerprint density at radius 3 is 2.33 bits per heavy atom. The van der Waals surface area contributed by atoms with Gasteiger partial charge in [-0.15, -0.1) is 11.3 Å². The number of benzene rings is 2. The number of hydrogen-bond donors (Lipinski definition) is 1. The van der Waals surface area contributed by atoms with Gasteiger partial charge in [-0.2, -0.15) is 0 Å². The normalized spacial score (nSPS) is 14.7. The van der Waals surface area contributed by atoms with Crippen molar-refractivity contribution in [2.45, 2.75) is 36.6 Å². The van der Waals surface area contributed by atoms with Gasteiger partial charge in [-0.3, -0.25) is 14.0 Å². The molecule has 0 unspecified atom stereocenters. The maximum atomic E-state index is 12.7. The van der Waals surface area contributed by atoms with Gasteiger partial charge in [0.2, 0.25) is 0 Å². The highest BCUT2D eigenvalue weighted by molar-refractivity contribution is 7.94. The molecule has 0 radical (unpaired) electrons. The van der Waals surface area contributed by atoms with Crippen molar-refractivity contribution in [1.29, 1.82) is 0 Å². The summed E-state index contributed by atoms with van der Waals surface area (Å²) in [4.78, 5) is 15.2. The number of likely N-dealkylation sites (tertiary alicyclic amines) is 1. The van der Waals surface area contributed by atoms with E-state index in [4.69, 9.17) is 0 Å². The predicted octanol–water partition coefficient (Wildman–Crippen LogP) is 4.49. The number of carbonyl (C=O) groups excluding carboxylic acids is 1. The zero-order chi connectivity index (χ0) is 23.3. The van der Waals surface area contributed by atoms with Crippen LogP contribution in [0, 0.1) is 0 Å². The zero-order valence-electron chi connectivity index (χ0n) is 18.7. The monoisotopic (exact) mass is 483 g/mol. The minimum atomic E-state index is -3.60. The molecule has 1 amide bonds. The van der Waals surface area contributed by atoms with Gasteiger partial charge >= 0.3 is 0 Å². The summed E-state index contributed by atoms with van der Waals surface area (Å²) in [5.41, 5.74) is 3.37. The van der Waals surface area contributed by atoms with Crippen molar-refractivity contribution < 1.29 is 13.2 Å². The van der Waals surface area contributed by atoms with E-state index in [-0.39, 0.29) is 10.1 Å². The lowest BCUT2D eigenvalue weighted by molar-refractivity contribution is 0.0950. The summed E-state index contributed by atoms with van der Waals surface area (Å²) in [6.07, 6.45) is 3.81. The first-order valence-electron chi connectivity index (χ1n) is 11.1. The molecule has 6 nitrogen and oxygen atoms in total. The van der Waals surface area contributed by atoms with E-state index in [2.05, 4.69) is 22.3 Å². The van der Waals surface area contributed by atoms with Gasteiger partial charge in [0.1, 0.15) is 4.21 Å². The summed E-state index contributed by atoms with van der Waals surface area (Å²) < 4.78 is 26.9. The minimum Gasteiger partial charge on any atom is -0.348 e. The van der Waals surface area contributed by atoms with Gasteiger partial charge in [0.05, 0.1) is 5.69 Å². The second kappa shape index (κ2) is 10.5. The van der Waals surface area contributed by atoms with Crippen molar-refractivity contribution >= 4 is 33.0 Å². The van der Waals surface area contributed by atoms with Crippen molar-refractivity contribution in [3.8, 4) is 0 Å². The molecule has 0 saturated carbocycles. The average Bonchev–Trinajstić information content (AvgIpc) is 3.40. The van der Waals surface area contributed by atoms with Crippen LogP contribution in [0.3, 0.4) is 0 Å². The van der Waals surface area contributed by atoms with Gasteiger partial charge in [-0.1, -0.05) is 36.8 Å². The Hall–Kier alpha value is -2.68. The van der Waals surface area contributed by atoms with Gasteiger partial charge in [-0.25, -0.2) is 8.42 Å². The number of piperidine rings is 1. The van der Waals surface area contributed by atoms with Crippen LogP contribution in [0.4, 0.5) is 5.69 Å². The number of amides is 1. The van der Waals surface area contributed by atoms with Crippen LogP contribution in [0.1, 0.15) is 40.7 Å². The topological polar surface area (TPSA) is 69.7 Å². The molecule has 2 heterocycles. The molecule has 1 aliphatic rings. The van der Waals surface area contributed by atoms with Crippen LogP contribution in [0.15, 0.2) is 70.3 Å². The number of rotatable bonds is 8. The van der Waals surface area contributed by atoms with Gasteiger partial charge in [-0.05, 0) is 72.8 Å². The SMILES string of the molecule is CN(c1ccc(C(=O)NCc2ccccc2CN2CCCCC2)cc1)S(=O)(=O)c1cccs1. The van der Waals surface area contributed by atoms with E-state index in [0.29, 0.717) is 17.8 Å². The van der Waals surface area contributed by atoms with Gasteiger partial charge in [0.25, 0.3) is 15.9 Å². The maximum absolute atomic E-state index is 12.7. The smallest absolute Gasteiger partial charge is 0.273 e. The Bertz CT molecular complexity index is 1170. The number of thiophene rings is 1. The fraction of sp³-hybridized carbons (Fsp3) is 0.320. The van der Waals surface area contributed by atoms with E-state index >= 15 is 0 Å². The van der Waals surface area contributed by atoms with Crippen molar-refractivity contribution in [2.75, 3.05) is 24.4 Å². The minimum absolute atomic E-state index is 0.182. The second-order valence-corrected chi connectivity index (χ2v) is 11.4. The molecule has 1 saturated heterocycles. The van der Waals surface area contributed by atoms with Crippen LogP contribution in [0.25, 0.3) is 0 Å². The highest BCUT2D eigenvalue weighted by atomic mass is 32.2. The van der Waals surface area contributed by atoms with Gasteiger partial charge < -0.3 is 5.32 Å². The van der Waals surface area contributed by atoms with Crippen LogP contribution in [-0.4, -0.2) is 39.4 Å². The van der Waals surface area contributed by atoms with E-state index in [9.17, 15) is 13.2 Å². The first-order valence-corrected chi connectivity index (χ1v) is 13.5. The Morgan fingerprint density at radius 2 is 1.67 bits per heavy atom. The van der Waals surface area contributed by atoms with Crippen molar-refractivity contribution in [2.24, 2.45) is 0 Å². The zero-order valence-corrected chi connectivity index (χ0v) is 20.4. The number of hydrogen-bond acceptors (Lipinski definition) is 5. The molecule has 174 valence electrons. The summed E-state index contributed by atoms with van der Waals surface area (Å²) in [5.74, 6) is -0.182. The molecular formula is C25H29N3O3S2. The van der Waals surface area contributed by atoms with Gasteiger partial charge in [0, 0.05) is 25.7 Å². The molecule has 0 bridgehead atoms. The number of nitrogens with zero attached hydrogens (tertiary/aromatic N) is 2. The second-order valence-electron chi connectivity index (χ2n) is 8.24. The molecule has 0 spiro atoms. The molecule has 8 heteroatoms. The first kappa shape index (κ1) is 23.5. The highest BCUT2D eigenvalue weighted by Crippen LogP contribution is 2.25. The number of carbonyl (C=O) groups is 1. The largest absolute Gasteiger partial charge is 0.348 e. The van der Waals surface area contributed by atoms with Crippen LogP contribution in [-0.2, 0) is 23.1 Å². The Morgan fingerprint density at radius 1 is 0.970 bits per heavy atom. The van der Waals surface area contributed by atoms with Crippen LogP contribution < -0.4 is 9.62 Å². The van der Waals surface area contributed by atoms with E-state index in [1.165, 1.54) is 47.5 Å². The molecule has 1 N–H and O–H groups in total. The molecule has 1 fully saturated rings. The Balaban J connectivity index is 1.39. The van der Waals surface area contributed by atoms with E-state index in [1.807, 2.05) is 12.1 Å². The van der Waals surface area contributed by atoms with E-state index < -0.39 is 10.0 Å². The summed E-state index contributed by atoms with van der Waals surface area (Å²) in [7, 11) is -2.08. The third kappa shape index (κ3) is 5.63. The standard InChI is InChI=1S/C25H29N3O3S2/c1-27(33(30,31)24-10-7-17-32-24)23-13-11-20(12-14-23)25(29)26-18-21-8-3-4-9-22(21)19-28-15-5-2-6-16-28/h3-4,7-14,17H,2,5-6,15-16,18-19H2,1H3,(H,26,29). The van der Waals surface area contributed by atoms with Gasteiger partial charge in [0.15, 0.2) is 0 Å². The van der Waals surface area contributed by atoms with Crippen molar-refractivity contribution in [3.63, 3.8) is 0 Å². The van der Waals surface area contributed by atoms with E-state index in [0.717, 1.165) is 25.2 Å². The molecule has 2 aromatic carbocycles. The molecule has 3 aromatic rings. The molecule has 1 aliphatic heterocycles. The van der Waals surface area contributed by atoms with Crippen molar-refractivity contribution in [3.05, 3.63) is 82.7 Å². The van der Waals surface area contributed by atoms with Crippen LogP contribution >= 0.6 is 11.3 Å². The van der Waals surface area contributed by atoms with E-state index in [1.54, 1.807) is 41.8 Å². The average molecular weight is 484 g/mol. The fourth-order valence-electron chi connectivity index (χ4n) is 4.03. The molecule has 33 heavy (non-hydrogen) atoms. The molecular weight excluding hydrogens is 454 g/mol. The Kier molecular flexibility index (Phi) is 7.47. The number of sulfonamides is 1. The molecule has 0 atom stereocenters. The number of nitrogens with one attached hydrogen (secondary N) is 1. The lowest BCUT2D eigenvalue weighted by Crippen LogP contribution is -2.30. The quantitative estimate of drug-likeness (QED) is 0.513.